The highest BCUT2D eigenvalue weighted by atomic mass is 16.5. The van der Waals surface area contributed by atoms with E-state index in [0.29, 0.717) is 42.8 Å². The molecule has 5 rings (SSSR count). The van der Waals surface area contributed by atoms with E-state index >= 15 is 0 Å². The van der Waals surface area contributed by atoms with Gasteiger partial charge >= 0.3 is 0 Å². The first-order chi connectivity index (χ1) is 13.7. The third-order valence-electron chi connectivity index (χ3n) is 6.09. The molecular weight excluding hydrogens is 356 g/mol. The van der Waals surface area contributed by atoms with E-state index < -0.39 is 6.10 Å². The van der Waals surface area contributed by atoms with Gasteiger partial charge in [0.2, 0.25) is 0 Å². The lowest BCUT2D eigenvalue weighted by Crippen LogP contribution is -2.35. The lowest BCUT2D eigenvalue weighted by Gasteiger charge is -2.35. The number of imidazole rings is 1. The molecule has 7 heteroatoms. The Bertz CT molecular complexity index is 953. The maximum Gasteiger partial charge on any atom is 0.276 e. The van der Waals surface area contributed by atoms with Crippen LogP contribution >= 0.6 is 0 Å². The maximum atomic E-state index is 13.0. The molecule has 0 bridgehead atoms. The average molecular weight is 378 g/mol. The molecule has 1 aromatic carbocycles. The third kappa shape index (κ3) is 3.01. The zero-order chi connectivity index (χ0) is 19.1. The van der Waals surface area contributed by atoms with E-state index in [9.17, 15) is 9.90 Å². The Balaban J connectivity index is 1.30. The molecule has 0 spiro atoms. The van der Waals surface area contributed by atoms with Crippen molar-refractivity contribution in [1.29, 1.82) is 0 Å². The number of benzene rings is 1. The number of hydrogen-bond acceptors (Lipinski definition) is 5. The minimum Gasteiger partial charge on any atom is -0.391 e. The summed E-state index contributed by atoms with van der Waals surface area (Å²) in [5.41, 5.74) is 1.24. The molecule has 1 N–H and O–H groups in total. The van der Waals surface area contributed by atoms with Crippen LogP contribution in [0.3, 0.4) is 0 Å². The second-order valence-electron chi connectivity index (χ2n) is 7.79. The zero-order valence-electron chi connectivity index (χ0n) is 15.4. The Labute approximate surface area is 162 Å². The Morgan fingerprint density at radius 3 is 2.68 bits per heavy atom. The standard InChI is InChI=1S/C21H22N4O3/c26-19-9-16-12-25(11-15(16)8-18(19)24-7-6-22-13-24)21(27)17-10-20(28-23-17)14-4-2-1-3-5-14/h1-7,10,13,15-16,18-19,26H,8-9,11-12H2/t15-,16+,18-,19-/m1/s1. The van der Waals surface area contributed by atoms with E-state index in [-0.39, 0.29) is 11.9 Å². The summed E-state index contributed by atoms with van der Waals surface area (Å²) in [5, 5.41) is 14.6. The first-order valence-corrected chi connectivity index (χ1v) is 9.66. The van der Waals surface area contributed by atoms with Crippen molar-refractivity contribution in [3.8, 4) is 11.3 Å². The highest BCUT2D eigenvalue weighted by molar-refractivity contribution is 5.93. The van der Waals surface area contributed by atoms with Gasteiger partial charge in [0.15, 0.2) is 11.5 Å². The molecule has 3 heterocycles. The lowest BCUT2D eigenvalue weighted by molar-refractivity contribution is 0.0357. The van der Waals surface area contributed by atoms with Crippen LogP contribution in [-0.2, 0) is 0 Å². The fourth-order valence-electron chi connectivity index (χ4n) is 4.64. The van der Waals surface area contributed by atoms with Crippen molar-refractivity contribution < 1.29 is 14.4 Å². The smallest absolute Gasteiger partial charge is 0.276 e. The number of aliphatic hydroxyl groups excluding tert-OH is 1. The van der Waals surface area contributed by atoms with Crippen LogP contribution in [0.15, 0.2) is 59.6 Å². The number of amides is 1. The van der Waals surface area contributed by atoms with Gasteiger partial charge in [-0.3, -0.25) is 4.79 Å². The van der Waals surface area contributed by atoms with Crippen molar-refractivity contribution in [2.75, 3.05) is 13.1 Å². The number of carbonyl (C=O) groups excluding carboxylic acids is 1. The highest BCUT2D eigenvalue weighted by Crippen LogP contribution is 2.41. The predicted octanol–water partition coefficient (Wildman–Crippen LogP) is 2.62. The summed E-state index contributed by atoms with van der Waals surface area (Å²) in [7, 11) is 0. The van der Waals surface area contributed by atoms with E-state index in [1.807, 2.05) is 46.0 Å². The molecule has 1 aliphatic carbocycles. The molecule has 1 aliphatic heterocycles. The fraction of sp³-hybridized carbons (Fsp3) is 0.381. The summed E-state index contributed by atoms with van der Waals surface area (Å²) >= 11 is 0. The summed E-state index contributed by atoms with van der Waals surface area (Å²) in [5.74, 6) is 1.18. The molecule has 144 valence electrons. The average Bonchev–Trinajstić information content (AvgIpc) is 3.47. The molecule has 28 heavy (non-hydrogen) atoms. The Morgan fingerprint density at radius 2 is 1.93 bits per heavy atom. The number of nitrogens with zero attached hydrogens (tertiary/aromatic N) is 4. The molecule has 0 radical (unpaired) electrons. The van der Waals surface area contributed by atoms with Gasteiger partial charge in [-0.1, -0.05) is 35.5 Å². The lowest BCUT2D eigenvalue weighted by atomic mass is 9.77. The molecule has 3 aromatic rings. The molecule has 7 nitrogen and oxygen atoms in total. The SMILES string of the molecule is O=C(c1cc(-c2ccccc2)on1)N1C[C@H]2C[C@@H](n3ccnc3)[C@H](O)C[C@H]2C1. The molecule has 1 saturated carbocycles. The van der Waals surface area contributed by atoms with Gasteiger partial charge in [-0.05, 0) is 24.7 Å². The van der Waals surface area contributed by atoms with Crippen LogP contribution in [0.4, 0.5) is 0 Å². The summed E-state index contributed by atoms with van der Waals surface area (Å²) in [6.45, 7) is 1.35. The number of likely N-dealkylation sites (tertiary alicyclic amines) is 1. The van der Waals surface area contributed by atoms with Crippen molar-refractivity contribution in [1.82, 2.24) is 19.6 Å². The van der Waals surface area contributed by atoms with Crippen LogP contribution in [0, 0.1) is 11.8 Å². The van der Waals surface area contributed by atoms with E-state index in [1.165, 1.54) is 0 Å². The Kier molecular flexibility index (Phi) is 4.24. The predicted molar refractivity (Wildman–Crippen MR) is 101 cm³/mol. The molecular formula is C21H22N4O3. The zero-order valence-corrected chi connectivity index (χ0v) is 15.4. The largest absolute Gasteiger partial charge is 0.391 e. The number of rotatable bonds is 3. The van der Waals surface area contributed by atoms with Gasteiger partial charge in [-0.25, -0.2) is 4.98 Å². The van der Waals surface area contributed by atoms with Crippen LogP contribution < -0.4 is 0 Å². The topological polar surface area (TPSA) is 84.4 Å². The summed E-state index contributed by atoms with van der Waals surface area (Å²) in [4.78, 5) is 18.9. The Morgan fingerprint density at radius 1 is 1.14 bits per heavy atom. The number of aromatic nitrogens is 3. The van der Waals surface area contributed by atoms with Crippen LogP contribution in [0.2, 0.25) is 0 Å². The van der Waals surface area contributed by atoms with Gasteiger partial charge in [-0.15, -0.1) is 0 Å². The molecule has 2 fully saturated rings. The minimum atomic E-state index is -0.415. The summed E-state index contributed by atoms with van der Waals surface area (Å²) < 4.78 is 7.37. The van der Waals surface area contributed by atoms with Crippen LogP contribution in [0.5, 0.6) is 0 Å². The van der Waals surface area contributed by atoms with Crippen molar-refractivity contribution in [2.24, 2.45) is 11.8 Å². The number of carbonyl (C=O) groups is 1. The highest BCUT2D eigenvalue weighted by Gasteiger charge is 2.44. The second kappa shape index (κ2) is 6.91. The van der Waals surface area contributed by atoms with Crippen LogP contribution in [0.1, 0.15) is 29.4 Å². The quantitative estimate of drug-likeness (QED) is 0.757. The van der Waals surface area contributed by atoms with Gasteiger partial charge in [0.25, 0.3) is 5.91 Å². The van der Waals surface area contributed by atoms with E-state index in [2.05, 4.69) is 10.1 Å². The first-order valence-electron chi connectivity index (χ1n) is 9.66. The third-order valence-corrected chi connectivity index (χ3v) is 6.09. The van der Waals surface area contributed by atoms with Crippen molar-refractivity contribution in [3.63, 3.8) is 0 Å². The van der Waals surface area contributed by atoms with E-state index in [1.54, 1.807) is 18.6 Å². The maximum absolute atomic E-state index is 13.0. The minimum absolute atomic E-state index is 0.0236. The van der Waals surface area contributed by atoms with Gasteiger partial charge in [0.05, 0.1) is 18.5 Å². The van der Waals surface area contributed by atoms with Crippen molar-refractivity contribution in [3.05, 3.63) is 60.8 Å². The normalized spacial score (nSPS) is 27.0. The monoisotopic (exact) mass is 378 g/mol. The molecule has 0 unspecified atom stereocenters. The fourth-order valence-corrected chi connectivity index (χ4v) is 4.64. The second-order valence-corrected chi connectivity index (χ2v) is 7.79. The van der Waals surface area contributed by atoms with Gasteiger partial charge in [-0.2, -0.15) is 0 Å². The van der Waals surface area contributed by atoms with Crippen molar-refractivity contribution >= 4 is 5.91 Å². The molecule has 1 amide bonds. The van der Waals surface area contributed by atoms with Crippen molar-refractivity contribution in [2.45, 2.75) is 25.0 Å². The van der Waals surface area contributed by atoms with Crippen LogP contribution in [-0.4, -0.2) is 49.8 Å². The Hall–Kier alpha value is -2.93. The summed E-state index contributed by atoms with van der Waals surface area (Å²) in [6, 6.07) is 11.4. The molecule has 4 atom stereocenters. The van der Waals surface area contributed by atoms with Gasteiger partial charge in [0, 0.05) is 37.1 Å². The van der Waals surface area contributed by atoms with E-state index in [4.69, 9.17) is 4.52 Å². The number of fused-ring (bicyclic) bond motifs is 1. The van der Waals surface area contributed by atoms with Gasteiger partial charge in [0.1, 0.15) is 0 Å². The van der Waals surface area contributed by atoms with E-state index in [0.717, 1.165) is 12.0 Å². The first kappa shape index (κ1) is 17.2. The number of aliphatic hydroxyl groups is 1. The molecule has 1 saturated heterocycles. The summed E-state index contributed by atoms with van der Waals surface area (Å²) in [6.07, 6.45) is 6.52. The molecule has 2 aliphatic rings. The number of hydrogen-bond donors (Lipinski definition) is 1. The van der Waals surface area contributed by atoms with Gasteiger partial charge < -0.3 is 19.1 Å². The molecule has 2 aromatic heterocycles. The van der Waals surface area contributed by atoms with Crippen LogP contribution in [0.25, 0.3) is 11.3 Å².